The fourth-order valence-electron chi connectivity index (χ4n) is 8.00. The molecule has 3 aromatic heterocycles. The van der Waals surface area contributed by atoms with Crippen LogP contribution in [0.4, 0.5) is 0 Å². The fraction of sp³-hybridized carbons (Fsp3) is 0. The van der Waals surface area contributed by atoms with Crippen molar-refractivity contribution < 1.29 is 0 Å². The van der Waals surface area contributed by atoms with Crippen molar-refractivity contribution in [3.05, 3.63) is 188 Å². The Morgan fingerprint density at radius 2 is 1.04 bits per heavy atom. The van der Waals surface area contributed by atoms with E-state index in [1.165, 1.54) is 59.5 Å². The summed E-state index contributed by atoms with van der Waals surface area (Å²) >= 11 is 1.79. The maximum atomic E-state index is 5.20. The van der Waals surface area contributed by atoms with Crippen LogP contribution in [0.1, 0.15) is 0 Å². The molecule has 0 spiro atoms. The molecule has 0 atom stereocenters. The molecule has 3 heterocycles. The maximum Gasteiger partial charge on any atom is 0.160 e. The van der Waals surface area contributed by atoms with E-state index in [0.717, 1.165) is 43.9 Å². The molecule has 0 aliphatic carbocycles. The van der Waals surface area contributed by atoms with Crippen LogP contribution in [0.25, 0.3) is 103 Å². The standard InChI is InChI=1S/C50H31N3S/c1-4-13-32(14-5-1)37-26-28-45-43(31-37)41-19-10-11-22-44(41)53(45)39-27-25-35-29-38(24-23-36(35)30-39)40-20-12-21-42-47-49(54-48(40)42)46(33-15-6-2-7-16-33)51-50(52-47)34-17-8-3-9-18-34/h1-31H. The highest BCUT2D eigenvalue weighted by atomic mass is 32.1. The molecule has 0 saturated heterocycles. The molecule has 0 aliphatic heterocycles. The number of para-hydroxylation sites is 1. The maximum absolute atomic E-state index is 5.20. The Balaban J connectivity index is 1.04. The number of thiophene rings is 1. The molecule has 0 fully saturated rings. The summed E-state index contributed by atoms with van der Waals surface area (Å²) in [6.45, 7) is 0. The molecule has 252 valence electrons. The molecule has 8 aromatic carbocycles. The minimum Gasteiger partial charge on any atom is -0.309 e. The van der Waals surface area contributed by atoms with Crippen LogP contribution in [0, 0.1) is 0 Å². The molecular formula is C50H31N3S. The molecule has 54 heavy (non-hydrogen) atoms. The third-order valence-electron chi connectivity index (χ3n) is 10.6. The summed E-state index contributed by atoms with van der Waals surface area (Å²) < 4.78 is 4.73. The van der Waals surface area contributed by atoms with Crippen LogP contribution in [0.3, 0.4) is 0 Å². The molecule has 0 unspecified atom stereocenters. The summed E-state index contributed by atoms with van der Waals surface area (Å²) in [6.07, 6.45) is 0. The van der Waals surface area contributed by atoms with Crippen molar-refractivity contribution in [3.8, 4) is 50.6 Å². The predicted octanol–water partition coefficient (Wildman–Crippen LogP) is 13.8. The van der Waals surface area contributed by atoms with E-state index in [9.17, 15) is 0 Å². The van der Waals surface area contributed by atoms with Gasteiger partial charge in [-0.15, -0.1) is 11.3 Å². The zero-order valence-corrected chi connectivity index (χ0v) is 30.0. The summed E-state index contributed by atoms with van der Waals surface area (Å²) in [6, 6.07) is 67.3. The first-order chi connectivity index (χ1) is 26.8. The Kier molecular flexibility index (Phi) is 7.04. The van der Waals surface area contributed by atoms with Crippen molar-refractivity contribution in [3.63, 3.8) is 0 Å². The van der Waals surface area contributed by atoms with Crippen molar-refractivity contribution in [2.45, 2.75) is 0 Å². The smallest absolute Gasteiger partial charge is 0.160 e. The average Bonchev–Trinajstić information content (AvgIpc) is 3.79. The van der Waals surface area contributed by atoms with Crippen LogP contribution in [0.15, 0.2) is 188 Å². The molecule has 11 aromatic rings. The average molecular weight is 706 g/mol. The van der Waals surface area contributed by atoms with E-state index in [1.54, 1.807) is 11.3 Å². The van der Waals surface area contributed by atoms with Crippen molar-refractivity contribution in [2.24, 2.45) is 0 Å². The molecule has 0 bridgehead atoms. The Labute approximate surface area is 316 Å². The Bertz CT molecular complexity index is 3200. The Morgan fingerprint density at radius 1 is 0.389 bits per heavy atom. The highest BCUT2D eigenvalue weighted by Crippen LogP contribution is 2.44. The molecule has 3 nitrogen and oxygen atoms in total. The van der Waals surface area contributed by atoms with Crippen LogP contribution >= 0.6 is 11.3 Å². The van der Waals surface area contributed by atoms with Gasteiger partial charge in [-0.25, -0.2) is 9.97 Å². The molecule has 4 heteroatoms. The van der Waals surface area contributed by atoms with E-state index < -0.39 is 0 Å². The van der Waals surface area contributed by atoms with Gasteiger partial charge in [-0.2, -0.15) is 0 Å². The largest absolute Gasteiger partial charge is 0.309 e. The van der Waals surface area contributed by atoms with Crippen LogP contribution in [-0.2, 0) is 0 Å². The Morgan fingerprint density at radius 3 is 1.85 bits per heavy atom. The van der Waals surface area contributed by atoms with Gasteiger partial charge in [-0.1, -0.05) is 152 Å². The monoisotopic (exact) mass is 705 g/mol. The molecule has 0 amide bonds. The number of rotatable bonds is 5. The molecule has 0 saturated carbocycles. The quantitative estimate of drug-likeness (QED) is 0.178. The first-order valence-electron chi connectivity index (χ1n) is 18.2. The highest BCUT2D eigenvalue weighted by molar-refractivity contribution is 7.26. The van der Waals surface area contributed by atoms with Gasteiger partial charge in [-0.3, -0.25) is 0 Å². The lowest BCUT2D eigenvalue weighted by atomic mass is 9.99. The van der Waals surface area contributed by atoms with E-state index in [-0.39, 0.29) is 0 Å². The van der Waals surface area contributed by atoms with Gasteiger partial charge in [0.05, 0.1) is 26.9 Å². The third-order valence-corrected chi connectivity index (χ3v) is 11.8. The minimum atomic E-state index is 0.744. The van der Waals surface area contributed by atoms with Gasteiger partial charge in [0.25, 0.3) is 0 Å². The lowest BCUT2D eigenvalue weighted by molar-refractivity contribution is 1.19. The third kappa shape index (κ3) is 4.96. The lowest BCUT2D eigenvalue weighted by Gasteiger charge is -2.11. The lowest BCUT2D eigenvalue weighted by Crippen LogP contribution is -1.94. The number of nitrogens with zero attached hydrogens (tertiary/aromatic N) is 3. The van der Waals surface area contributed by atoms with Gasteiger partial charge in [0.2, 0.25) is 0 Å². The van der Waals surface area contributed by atoms with E-state index in [0.29, 0.717) is 0 Å². The number of benzene rings is 8. The van der Waals surface area contributed by atoms with E-state index in [2.05, 4.69) is 174 Å². The second kappa shape index (κ2) is 12.4. The normalized spacial score (nSPS) is 11.7. The summed E-state index contributed by atoms with van der Waals surface area (Å²) in [5.41, 5.74) is 12.5. The van der Waals surface area contributed by atoms with Gasteiger partial charge < -0.3 is 4.57 Å². The van der Waals surface area contributed by atoms with Crippen molar-refractivity contribution in [1.29, 1.82) is 0 Å². The minimum absolute atomic E-state index is 0.744. The molecule has 0 radical (unpaired) electrons. The van der Waals surface area contributed by atoms with E-state index >= 15 is 0 Å². The summed E-state index contributed by atoms with van der Waals surface area (Å²) in [4.78, 5) is 10.4. The second-order valence-corrected chi connectivity index (χ2v) is 14.8. The number of hydrogen-bond acceptors (Lipinski definition) is 3. The first kappa shape index (κ1) is 30.7. The van der Waals surface area contributed by atoms with E-state index in [1.807, 2.05) is 18.2 Å². The van der Waals surface area contributed by atoms with Gasteiger partial charge in [-0.05, 0) is 69.4 Å². The fourth-order valence-corrected chi connectivity index (χ4v) is 9.29. The second-order valence-electron chi connectivity index (χ2n) is 13.8. The van der Waals surface area contributed by atoms with Crippen molar-refractivity contribution >= 4 is 64.2 Å². The first-order valence-corrected chi connectivity index (χ1v) is 19.1. The van der Waals surface area contributed by atoms with Crippen LogP contribution in [-0.4, -0.2) is 14.5 Å². The van der Waals surface area contributed by atoms with Crippen molar-refractivity contribution in [2.75, 3.05) is 0 Å². The van der Waals surface area contributed by atoms with Gasteiger partial charge in [0, 0.05) is 37.7 Å². The highest BCUT2D eigenvalue weighted by Gasteiger charge is 2.19. The number of hydrogen-bond donors (Lipinski definition) is 0. The molecular weight excluding hydrogens is 675 g/mol. The summed E-state index contributed by atoms with van der Waals surface area (Å²) in [7, 11) is 0. The van der Waals surface area contributed by atoms with E-state index in [4.69, 9.17) is 9.97 Å². The SMILES string of the molecule is c1ccc(-c2ccc3c(c2)c2ccccc2n3-c2ccc3cc(-c4cccc5c4sc4c(-c6ccccc6)nc(-c6ccccc6)nc45)ccc3c2)cc1. The van der Waals surface area contributed by atoms with Gasteiger partial charge in [0.1, 0.15) is 0 Å². The molecule has 0 N–H and O–H groups in total. The van der Waals surface area contributed by atoms with Gasteiger partial charge in [0.15, 0.2) is 5.82 Å². The molecule has 0 aliphatic rings. The van der Waals surface area contributed by atoms with Crippen LogP contribution in [0.2, 0.25) is 0 Å². The number of aromatic nitrogens is 3. The van der Waals surface area contributed by atoms with Gasteiger partial charge >= 0.3 is 0 Å². The van der Waals surface area contributed by atoms with Crippen LogP contribution < -0.4 is 0 Å². The zero-order chi connectivity index (χ0) is 35.6. The zero-order valence-electron chi connectivity index (χ0n) is 29.1. The number of fused-ring (bicyclic) bond motifs is 7. The Hall–Kier alpha value is -6.88. The summed E-state index contributed by atoms with van der Waals surface area (Å²) in [5, 5.41) is 6.08. The summed E-state index contributed by atoms with van der Waals surface area (Å²) in [5.74, 6) is 0.744. The van der Waals surface area contributed by atoms with Crippen LogP contribution in [0.5, 0.6) is 0 Å². The molecule has 11 rings (SSSR count). The van der Waals surface area contributed by atoms with Crippen molar-refractivity contribution in [1.82, 2.24) is 14.5 Å². The topological polar surface area (TPSA) is 30.7 Å². The predicted molar refractivity (Wildman–Crippen MR) is 229 cm³/mol.